The smallest absolute Gasteiger partial charge is 1.00 e. The van der Waals surface area contributed by atoms with Gasteiger partial charge >= 0.3 is 63.3 Å². The summed E-state index contributed by atoms with van der Waals surface area (Å²) in [5.41, 5.74) is 1.56. The van der Waals surface area contributed by atoms with Crippen LogP contribution in [0.1, 0.15) is 7.85 Å². The third-order valence-corrected chi connectivity index (χ3v) is 0.516. The van der Waals surface area contributed by atoms with Crippen molar-refractivity contribution in [1.82, 2.24) is 5.48 Å². The van der Waals surface area contributed by atoms with Gasteiger partial charge in [0.2, 0.25) is 6.41 Å². The van der Waals surface area contributed by atoms with E-state index in [0.717, 1.165) is 0 Å². The molecule has 0 fully saturated rings. The van der Waals surface area contributed by atoms with Crippen LogP contribution in [0.4, 0.5) is 0 Å². The molecule has 7 heteroatoms. The molecule has 6 nitrogen and oxygen atoms in total. The first-order chi connectivity index (χ1) is 4.66. The molecule has 0 radical (unpaired) electrons. The Morgan fingerprint density at radius 1 is 1.64 bits per heavy atom. The first kappa shape index (κ1) is 13.6. The Bertz CT molecular complexity index is 164. The largest absolute Gasteiger partial charge is 1.00 e. The van der Waals surface area contributed by atoms with Crippen molar-refractivity contribution in [3.8, 4) is 0 Å². The number of carbonyl (C=O) groups is 3. The Balaban J connectivity index is -0.000000405. The number of hydrogen-bond donors (Lipinski definition) is 2. The predicted molar refractivity (Wildman–Crippen MR) is 28.7 cm³/mol. The van der Waals surface area contributed by atoms with Gasteiger partial charge in [0, 0.05) is 0 Å². The van der Waals surface area contributed by atoms with Crippen LogP contribution in [0.5, 0.6) is 0 Å². The minimum atomic E-state index is -1.31. The summed E-state index contributed by atoms with van der Waals surface area (Å²) < 4.78 is 0. The molecule has 0 saturated carbocycles. The topological polar surface area (TPSA) is 92.7 Å². The molecular formula is C4H6KNO5. The third kappa shape index (κ3) is 10.0. The minimum absolute atomic E-state index is 0. The number of hydrogen-bond acceptors (Lipinski definition) is 4. The normalized spacial score (nSPS) is 7.27. The van der Waals surface area contributed by atoms with Gasteiger partial charge in [-0.15, -0.1) is 0 Å². The van der Waals surface area contributed by atoms with Crippen molar-refractivity contribution in [2.45, 2.75) is 6.42 Å². The fourth-order valence-corrected chi connectivity index (χ4v) is 0.249. The Kier molecular flexibility index (Phi) is 10.1. The van der Waals surface area contributed by atoms with Crippen LogP contribution in [0.2, 0.25) is 0 Å². The number of carbonyl (C=O) groups excluding carboxylic acids is 2. The fraction of sp³-hybridized carbons (Fsp3) is 0.250. The van der Waals surface area contributed by atoms with Gasteiger partial charge in [-0.1, -0.05) is 0 Å². The van der Waals surface area contributed by atoms with E-state index >= 15 is 0 Å². The summed E-state index contributed by atoms with van der Waals surface area (Å²) in [6, 6.07) is 0. The second kappa shape index (κ2) is 8.15. The number of aliphatic carboxylic acids is 1. The van der Waals surface area contributed by atoms with Gasteiger partial charge in [-0.05, 0) is 0 Å². The van der Waals surface area contributed by atoms with E-state index in [9.17, 15) is 14.4 Å². The molecule has 0 aliphatic rings. The maximum Gasteiger partial charge on any atom is 1.00 e. The molecule has 2 N–H and O–H groups in total. The van der Waals surface area contributed by atoms with Crippen LogP contribution >= 0.6 is 0 Å². The second-order valence-corrected chi connectivity index (χ2v) is 1.28. The van der Waals surface area contributed by atoms with E-state index < -0.39 is 18.4 Å². The molecule has 0 bridgehead atoms. The van der Waals surface area contributed by atoms with Crippen LogP contribution in [-0.2, 0) is 19.2 Å². The minimum Gasteiger partial charge on any atom is -1.00 e. The Labute approximate surface area is 106 Å². The number of carboxylic acids is 1. The summed E-state index contributed by atoms with van der Waals surface area (Å²) in [7, 11) is 0. The summed E-state index contributed by atoms with van der Waals surface area (Å²) >= 11 is 0. The zero-order valence-corrected chi connectivity index (χ0v) is 8.99. The van der Waals surface area contributed by atoms with Gasteiger partial charge in [-0.3, -0.25) is 9.59 Å². The summed E-state index contributed by atoms with van der Waals surface area (Å²) in [6.07, 6.45) is -0.638. The van der Waals surface area contributed by atoms with Gasteiger partial charge in [-0.25, -0.2) is 4.79 Å². The molecule has 0 aromatic rings. The maximum atomic E-state index is 10.2. The molecule has 1 amide bonds. The average Bonchev–Trinajstić information content (AvgIpc) is 1.82. The number of amides is 1. The van der Waals surface area contributed by atoms with E-state index in [0.29, 0.717) is 0 Å². The molecule has 0 aromatic carbocycles. The van der Waals surface area contributed by atoms with Gasteiger partial charge in [0.15, 0.2) is 0 Å². The molecule has 0 rings (SSSR count). The summed E-state index contributed by atoms with van der Waals surface area (Å²) in [5.74, 6) is -2.32. The molecule has 0 aliphatic heterocycles. The number of nitrogens with one attached hydrogen (secondary N) is 1. The molecule has 11 heavy (non-hydrogen) atoms. The van der Waals surface area contributed by atoms with Crippen LogP contribution < -0.4 is 56.9 Å². The molecule has 0 saturated heterocycles. The fourth-order valence-electron chi connectivity index (χ4n) is 0.249. The molecule has 0 spiro atoms. The van der Waals surface area contributed by atoms with Gasteiger partial charge in [-0.2, -0.15) is 5.48 Å². The molecular weight excluding hydrogens is 181 g/mol. The van der Waals surface area contributed by atoms with Crippen molar-refractivity contribution in [2.24, 2.45) is 0 Å². The monoisotopic (exact) mass is 187 g/mol. The Morgan fingerprint density at radius 2 is 2.18 bits per heavy atom. The molecule has 58 valence electrons. The first-order valence-corrected chi connectivity index (χ1v) is 2.27. The van der Waals surface area contributed by atoms with Gasteiger partial charge in [0.1, 0.15) is 6.42 Å². The van der Waals surface area contributed by atoms with Crippen LogP contribution in [-0.4, -0.2) is 23.5 Å². The van der Waals surface area contributed by atoms with Crippen LogP contribution in [0.25, 0.3) is 0 Å². The van der Waals surface area contributed by atoms with Gasteiger partial charge in [0.05, 0.1) is 0 Å². The quantitative estimate of drug-likeness (QED) is 0.201. The summed E-state index contributed by atoms with van der Waals surface area (Å²) in [6.45, 7) is 0. The van der Waals surface area contributed by atoms with Crippen molar-refractivity contribution in [1.29, 1.82) is 0 Å². The van der Waals surface area contributed by atoms with Crippen molar-refractivity contribution in [3.63, 3.8) is 0 Å². The van der Waals surface area contributed by atoms with E-state index in [1.54, 1.807) is 5.48 Å². The summed E-state index contributed by atoms with van der Waals surface area (Å²) in [4.78, 5) is 33.3. The van der Waals surface area contributed by atoms with E-state index in [-0.39, 0.29) is 59.2 Å². The Hall–Kier alpha value is 0.0464. The average molecular weight is 187 g/mol. The molecule has 0 atom stereocenters. The van der Waals surface area contributed by atoms with Crippen LogP contribution in [0.3, 0.4) is 0 Å². The van der Waals surface area contributed by atoms with Gasteiger partial charge < -0.3 is 11.4 Å². The Morgan fingerprint density at radius 3 is 2.55 bits per heavy atom. The zero-order valence-electron chi connectivity index (χ0n) is 6.86. The molecule has 0 unspecified atom stereocenters. The predicted octanol–water partition coefficient (Wildman–Crippen LogP) is -4.22. The molecule has 0 heterocycles. The SMILES string of the molecule is O=CNOC(=O)CC(=O)O.[H-].[K+]. The number of carboxylic acid groups (broad SMARTS) is 1. The number of rotatable bonds is 4. The van der Waals surface area contributed by atoms with Crippen molar-refractivity contribution in [2.75, 3.05) is 0 Å². The third-order valence-electron chi connectivity index (χ3n) is 0.516. The zero-order chi connectivity index (χ0) is 7.98. The van der Waals surface area contributed by atoms with Crippen molar-refractivity contribution in [3.05, 3.63) is 0 Å². The van der Waals surface area contributed by atoms with Gasteiger partial charge in [0.25, 0.3) is 0 Å². The maximum absolute atomic E-state index is 10.2. The van der Waals surface area contributed by atoms with Crippen molar-refractivity contribution >= 4 is 18.3 Å². The standard InChI is InChI=1S/C4H5NO5.K.H/c6-2-5-10-4(9)1-3(7)8;;/h2H,1H2,(H,5,6)(H,7,8);;/q;+1;-1. The van der Waals surface area contributed by atoms with Crippen LogP contribution in [0, 0.1) is 0 Å². The molecule has 0 aliphatic carbocycles. The molecule has 0 aromatic heterocycles. The van der Waals surface area contributed by atoms with E-state index in [1.165, 1.54) is 0 Å². The van der Waals surface area contributed by atoms with Crippen molar-refractivity contribution < 1.29 is 77.1 Å². The summed E-state index contributed by atoms with van der Waals surface area (Å²) in [5, 5.41) is 7.97. The van der Waals surface area contributed by atoms with Crippen LogP contribution in [0.15, 0.2) is 0 Å². The van der Waals surface area contributed by atoms with E-state index in [1.807, 2.05) is 0 Å². The first-order valence-electron chi connectivity index (χ1n) is 2.27. The second-order valence-electron chi connectivity index (χ2n) is 1.28. The van der Waals surface area contributed by atoms with E-state index in [2.05, 4.69) is 4.84 Å². The number of hydroxylamine groups is 1. The van der Waals surface area contributed by atoms with E-state index in [4.69, 9.17) is 5.11 Å².